The molecule has 2 amide bonds. The van der Waals surface area contributed by atoms with Gasteiger partial charge in [0.15, 0.2) is 9.84 Å². The molecule has 2 N–H and O–H groups in total. The minimum Gasteiger partial charge on any atom is -0.478 e. The van der Waals surface area contributed by atoms with Crippen molar-refractivity contribution in [1.29, 1.82) is 0 Å². The van der Waals surface area contributed by atoms with E-state index in [0.29, 0.717) is 6.42 Å². The summed E-state index contributed by atoms with van der Waals surface area (Å²) in [4.78, 5) is 24.2. The number of hydrogen-bond donors (Lipinski definition) is 2. The Balaban J connectivity index is 1.88. The van der Waals surface area contributed by atoms with Crippen molar-refractivity contribution in [2.75, 3.05) is 18.6 Å². The van der Waals surface area contributed by atoms with Gasteiger partial charge in [-0.3, -0.25) is 0 Å². The summed E-state index contributed by atoms with van der Waals surface area (Å²) in [6.07, 6.45) is 0.458. The van der Waals surface area contributed by atoms with Gasteiger partial charge < -0.3 is 15.3 Å². The predicted molar refractivity (Wildman–Crippen MR) is 80.5 cm³/mol. The van der Waals surface area contributed by atoms with E-state index in [1.54, 1.807) is 19.2 Å². The standard InChI is InChI=1S/C14H18N2O5S/c1-16(12-6-7-22(20,21)9-12)14(19)15-8-10-2-4-11(5-3-10)13(17)18/h2-5,12H,6-9H2,1H3,(H,15,19)(H,17,18). The molecule has 1 aromatic carbocycles. The molecule has 1 aliphatic heterocycles. The average molecular weight is 326 g/mol. The van der Waals surface area contributed by atoms with Crippen molar-refractivity contribution in [2.24, 2.45) is 0 Å². The topological polar surface area (TPSA) is 104 Å². The number of hydrogen-bond acceptors (Lipinski definition) is 4. The normalized spacial score (nSPS) is 19.6. The first-order valence-electron chi connectivity index (χ1n) is 6.82. The summed E-state index contributed by atoms with van der Waals surface area (Å²) in [5.41, 5.74) is 0.953. The van der Waals surface area contributed by atoms with Crippen molar-refractivity contribution in [3.63, 3.8) is 0 Å². The fourth-order valence-corrected chi connectivity index (χ4v) is 4.09. The fourth-order valence-electron chi connectivity index (χ4n) is 2.31. The van der Waals surface area contributed by atoms with E-state index < -0.39 is 15.8 Å². The second-order valence-corrected chi connectivity index (χ2v) is 7.56. The van der Waals surface area contributed by atoms with E-state index in [1.165, 1.54) is 17.0 Å². The number of rotatable bonds is 4. The number of nitrogens with zero attached hydrogens (tertiary/aromatic N) is 1. The third-order valence-corrected chi connectivity index (χ3v) is 5.47. The van der Waals surface area contributed by atoms with Gasteiger partial charge in [0.1, 0.15) is 0 Å². The lowest BCUT2D eigenvalue weighted by Crippen LogP contribution is -2.43. The minimum atomic E-state index is -3.03. The lowest BCUT2D eigenvalue weighted by Gasteiger charge is -2.23. The number of sulfone groups is 1. The van der Waals surface area contributed by atoms with Crippen molar-refractivity contribution >= 4 is 21.8 Å². The van der Waals surface area contributed by atoms with Gasteiger partial charge in [0.2, 0.25) is 0 Å². The number of amides is 2. The molecular formula is C14H18N2O5S. The highest BCUT2D eigenvalue weighted by Gasteiger charge is 2.32. The van der Waals surface area contributed by atoms with E-state index in [-0.39, 0.29) is 35.7 Å². The van der Waals surface area contributed by atoms with Crippen LogP contribution in [0.2, 0.25) is 0 Å². The highest BCUT2D eigenvalue weighted by molar-refractivity contribution is 7.91. The Morgan fingerprint density at radius 2 is 1.95 bits per heavy atom. The van der Waals surface area contributed by atoms with Crippen molar-refractivity contribution in [2.45, 2.75) is 19.0 Å². The molecule has 1 atom stereocenters. The first kappa shape index (κ1) is 16.3. The van der Waals surface area contributed by atoms with E-state index in [4.69, 9.17) is 5.11 Å². The number of carbonyl (C=O) groups is 2. The van der Waals surface area contributed by atoms with Gasteiger partial charge in [0.25, 0.3) is 0 Å². The van der Waals surface area contributed by atoms with E-state index >= 15 is 0 Å². The molecule has 1 fully saturated rings. The second-order valence-electron chi connectivity index (χ2n) is 5.33. The molecule has 1 heterocycles. The van der Waals surface area contributed by atoms with Crippen LogP contribution < -0.4 is 5.32 Å². The van der Waals surface area contributed by atoms with Crippen LogP contribution in [0.25, 0.3) is 0 Å². The molecule has 22 heavy (non-hydrogen) atoms. The number of carboxylic acids is 1. The van der Waals surface area contributed by atoms with E-state index in [1.807, 2.05) is 0 Å². The fraction of sp³-hybridized carbons (Fsp3) is 0.429. The molecular weight excluding hydrogens is 308 g/mol. The quantitative estimate of drug-likeness (QED) is 0.848. The Kier molecular flexibility index (Phi) is 4.70. The van der Waals surface area contributed by atoms with Gasteiger partial charge in [0.05, 0.1) is 17.1 Å². The van der Waals surface area contributed by atoms with Crippen LogP contribution in [-0.4, -0.2) is 55.0 Å². The Bertz CT molecular complexity index is 669. The third-order valence-electron chi connectivity index (χ3n) is 3.72. The van der Waals surface area contributed by atoms with Gasteiger partial charge in [-0.05, 0) is 24.1 Å². The number of benzene rings is 1. The first-order chi connectivity index (χ1) is 10.3. The Morgan fingerprint density at radius 3 is 2.45 bits per heavy atom. The molecule has 0 radical (unpaired) electrons. The molecule has 120 valence electrons. The average Bonchev–Trinajstić information content (AvgIpc) is 2.84. The van der Waals surface area contributed by atoms with Gasteiger partial charge in [-0.1, -0.05) is 12.1 Å². The number of carboxylic acid groups (broad SMARTS) is 1. The summed E-state index contributed by atoms with van der Waals surface area (Å²) in [6, 6.07) is 5.56. The molecule has 1 saturated heterocycles. The Labute approximate surface area is 128 Å². The second kappa shape index (κ2) is 6.35. The van der Waals surface area contributed by atoms with Crippen LogP contribution >= 0.6 is 0 Å². The van der Waals surface area contributed by atoms with E-state index in [2.05, 4.69) is 5.32 Å². The van der Waals surface area contributed by atoms with Crippen LogP contribution in [0, 0.1) is 0 Å². The maximum atomic E-state index is 12.0. The molecule has 0 aromatic heterocycles. The summed E-state index contributed by atoms with van der Waals surface area (Å²) < 4.78 is 22.9. The van der Waals surface area contributed by atoms with Crippen LogP contribution in [0.5, 0.6) is 0 Å². The molecule has 1 aromatic rings. The summed E-state index contributed by atoms with van der Waals surface area (Å²) >= 11 is 0. The van der Waals surface area contributed by atoms with Crippen LogP contribution in [0.1, 0.15) is 22.3 Å². The van der Waals surface area contributed by atoms with Crippen LogP contribution in [0.4, 0.5) is 4.79 Å². The molecule has 0 spiro atoms. The number of aromatic carboxylic acids is 1. The summed E-state index contributed by atoms with van der Waals surface area (Å²) in [5.74, 6) is -0.881. The van der Waals surface area contributed by atoms with Crippen molar-refractivity contribution in [3.8, 4) is 0 Å². The van der Waals surface area contributed by atoms with Gasteiger partial charge >= 0.3 is 12.0 Å². The molecule has 8 heteroatoms. The minimum absolute atomic E-state index is 0.00419. The summed E-state index contributed by atoms with van der Waals surface area (Å²) in [7, 11) is -1.45. The maximum Gasteiger partial charge on any atom is 0.335 e. The zero-order valence-corrected chi connectivity index (χ0v) is 13.0. The Hall–Kier alpha value is -2.09. The van der Waals surface area contributed by atoms with Crippen LogP contribution in [-0.2, 0) is 16.4 Å². The van der Waals surface area contributed by atoms with Gasteiger partial charge in [-0.2, -0.15) is 0 Å². The largest absolute Gasteiger partial charge is 0.478 e. The lowest BCUT2D eigenvalue weighted by molar-refractivity contribution is 0.0697. The highest BCUT2D eigenvalue weighted by Crippen LogP contribution is 2.16. The highest BCUT2D eigenvalue weighted by atomic mass is 32.2. The number of nitrogens with one attached hydrogen (secondary N) is 1. The molecule has 0 bridgehead atoms. The molecule has 2 rings (SSSR count). The predicted octanol–water partition coefficient (Wildman–Crippen LogP) is 0.713. The molecule has 0 aliphatic carbocycles. The molecule has 1 aliphatic rings. The molecule has 1 unspecified atom stereocenters. The van der Waals surface area contributed by atoms with E-state index in [0.717, 1.165) is 5.56 Å². The van der Waals surface area contributed by atoms with Crippen LogP contribution in [0.3, 0.4) is 0 Å². The third kappa shape index (κ3) is 3.97. The van der Waals surface area contributed by atoms with Gasteiger partial charge in [0, 0.05) is 19.6 Å². The smallest absolute Gasteiger partial charge is 0.335 e. The van der Waals surface area contributed by atoms with Gasteiger partial charge in [-0.15, -0.1) is 0 Å². The van der Waals surface area contributed by atoms with Crippen molar-refractivity contribution in [1.82, 2.24) is 10.2 Å². The number of carbonyl (C=O) groups excluding carboxylic acids is 1. The monoisotopic (exact) mass is 326 g/mol. The Morgan fingerprint density at radius 1 is 1.32 bits per heavy atom. The summed E-state index contributed by atoms with van der Waals surface area (Å²) in [5, 5.41) is 11.5. The SMILES string of the molecule is CN(C(=O)NCc1ccc(C(=O)O)cc1)C1CCS(=O)(=O)C1. The zero-order chi connectivity index (χ0) is 16.3. The lowest BCUT2D eigenvalue weighted by atomic mass is 10.1. The van der Waals surface area contributed by atoms with E-state index in [9.17, 15) is 18.0 Å². The first-order valence-corrected chi connectivity index (χ1v) is 8.64. The summed E-state index contributed by atoms with van der Waals surface area (Å²) in [6.45, 7) is 0.253. The van der Waals surface area contributed by atoms with Crippen LogP contribution in [0.15, 0.2) is 24.3 Å². The van der Waals surface area contributed by atoms with Crippen molar-refractivity contribution in [3.05, 3.63) is 35.4 Å². The molecule has 0 saturated carbocycles. The van der Waals surface area contributed by atoms with Gasteiger partial charge in [-0.25, -0.2) is 18.0 Å². The maximum absolute atomic E-state index is 12.0. The zero-order valence-electron chi connectivity index (χ0n) is 12.2. The molecule has 7 nitrogen and oxygen atoms in total. The number of urea groups is 1. The van der Waals surface area contributed by atoms with Crippen molar-refractivity contribution < 1.29 is 23.1 Å².